The van der Waals surface area contributed by atoms with Crippen molar-refractivity contribution in [3.63, 3.8) is 0 Å². The molecule has 4 rings (SSSR count). The number of nitrogens with zero attached hydrogens (tertiary/aromatic N) is 3. The number of hydrogen-bond acceptors (Lipinski definition) is 7. The molecule has 3 aromatic rings. The van der Waals surface area contributed by atoms with Crippen LogP contribution in [0.2, 0.25) is 0 Å². The standard InChI is InChI=1S/C18H16N4O4S2/c1-11-17(20-18(19)27-11)13-6-7-14-12(10-13)8-9-21(14)28(25,26)16-5-3-2-4-15(16)22(23)24/h2-7,10H,8-9H2,1H3,(H2,19,20). The molecular formula is C18H16N4O4S2. The largest absolute Gasteiger partial charge is 0.375 e. The zero-order valence-electron chi connectivity index (χ0n) is 14.8. The number of aromatic nitrogens is 1. The van der Waals surface area contributed by atoms with E-state index in [1.54, 1.807) is 12.1 Å². The lowest BCUT2D eigenvalue weighted by atomic mass is 10.1. The van der Waals surface area contributed by atoms with Gasteiger partial charge in [-0.05, 0) is 37.1 Å². The summed E-state index contributed by atoms with van der Waals surface area (Å²) < 4.78 is 27.5. The van der Waals surface area contributed by atoms with E-state index >= 15 is 0 Å². The van der Waals surface area contributed by atoms with Gasteiger partial charge < -0.3 is 5.73 Å². The summed E-state index contributed by atoms with van der Waals surface area (Å²) in [5.41, 5.74) is 8.38. The normalized spacial score (nSPS) is 13.5. The summed E-state index contributed by atoms with van der Waals surface area (Å²) in [6.45, 7) is 2.16. The second-order valence-electron chi connectivity index (χ2n) is 6.35. The van der Waals surface area contributed by atoms with Gasteiger partial charge in [-0.3, -0.25) is 14.4 Å². The highest BCUT2D eigenvalue weighted by atomic mass is 32.2. The Hall–Kier alpha value is -2.98. The Balaban J connectivity index is 1.76. The van der Waals surface area contributed by atoms with Crippen LogP contribution in [0.15, 0.2) is 47.4 Å². The quantitative estimate of drug-likeness (QED) is 0.514. The monoisotopic (exact) mass is 416 g/mol. The van der Waals surface area contributed by atoms with Crippen LogP contribution in [0, 0.1) is 17.0 Å². The molecule has 2 N–H and O–H groups in total. The number of fused-ring (bicyclic) bond motifs is 1. The average molecular weight is 416 g/mol. The summed E-state index contributed by atoms with van der Waals surface area (Å²) in [7, 11) is -4.05. The number of nitrogens with two attached hydrogens (primary N) is 1. The van der Waals surface area contributed by atoms with Gasteiger partial charge in [-0.2, -0.15) is 0 Å². The first-order valence-corrected chi connectivity index (χ1v) is 10.7. The third-order valence-electron chi connectivity index (χ3n) is 4.65. The minimum absolute atomic E-state index is 0.228. The Morgan fingerprint density at radius 1 is 1.25 bits per heavy atom. The van der Waals surface area contributed by atoms with Gasteiger partial charge in [-0.25, -0.2) is 13.4 Å². The fourth-order valence-corrected chi connectivity index (χ4v) is 5.77. The predicted octanol–water partition coefficient (Wildman–Crippen LogP) is 3.36. The van der Waals surface area contributed by atoms with Gasteiger partial charge in [0.15, 0.2) is 10.0 Å². The lowest BCUT2D eigenvalue weighted by Gasteiger charge is -2.19. The molecule has 1 aliphatic heterocycles. The van der Waals surface area contributed by atoms with Crippen molar-refractivity contribution in [2.24, 2.45) is 0 Å². The van der Waals surface area contributed by atoms with Crippen molar-refractivity contribution in [1.82, 2.24) is 4.98 Å². The lowest BCUT2D eigenvalue weighted by molar-refractivity contribution is -0.387. The highest BCUT2D eigenvalue weighted by molar-refractivity contribution is 7.93. The Bertz CT molecular complexity index is 1200. The van der Waals surface area contributed by atoms with Gasteiger partial charge in [0.25, 0.3) is 15.7 Å². The van der Waals surface area contributed by atoms with E-state index in [0.29, 0.717) is 17.2 Å². The van der Waals surface area contributed by atoms with E-state index in [1.165, 1.54) is 39.9 Å². The summed E-state index contributed by atoms with van der Waals surface area (Å²) >= 11 is 1.40. The Morgan fingerprint density at radius 3 is 2.68 bits per heavy atom. The maximum Gasteiger partial charge on any atom is 0.289 e. The molecule has 0 saturated carbocycles. The number of hydrogen-bond donors (Lipinski definition) is 1. The van der Waals surface area contributed by atoms with Crippen molar-refractivity contribution in [2.45, 2.75) is 18.2 Å². The minimum Gasteiger partial charge on any atom is -0.375 e. The molecule has 0 spiro atoms. The summed E-state index contributed by atoms with van der Waals surface area (Å²) in [4.78, 5) is 15.6. The van der Waals surface area contributed by atoms with Crippen molar-refractivity contribution >= 4 is 37.9 Å². The van der Waals surface area contributed by atoms with E-state index in [9.17, 15) is 18.5 Å². The number of nitro groups is 1. The van der Waals surface area contributed by atoms with E-state index in [-0.39, 0.29) is 11.4 Å². The summed E-state index contributed by atoms with van der Waals surface area (Å²) in [6, 6.07) is 10.8. The maximum absolute atomic E-state index is 13.1. The minimum atomic E-state index is -4.05. The van der Waals surface area contributed by atoms with Gasteiger partial charge in [0, 0.05) is 23.1 Å². The van der Waals surface area contributed by atoms with E-state index in [2.05, 4.69) is 4.98 Å². The summed E-state index contributed by atoms with van der Waals surface area (Å²) in [5.74, 6) is 0. The second-order valence-corrected chi connectivity index (χ2v) is 9.42. The Kier molecular flexibility index (Phi) is 4.31. The first kappa shape index (κ1) is 18.4. The van der Waals surface area contributed by atoms with E-state index in [1.807, 2.05) is 13.0 Å². The molecule has 1 aliphatic rings. The zero-order chi connectivity index (χ0) is 20.1. The van der Waals surface area contributed by atoms with Crippen molar-refractivity contribution in [3.8, 4) is 11.3 Å². The summed E-state index contributed by atoms with van der Waals surface area (Å²) in [6.07, 6.45) is 0.516. The number of nitrogen functional groups attached to an aromatic ring is 1. The van der Waals surface area contributed by atoms with Crippen molar-refractivity contribution in [3.05, 3.63) is 63.0 Å². The fourth-order valence-electron chi connectivity index (χ4n) is 3.40. The van der Waals surface area contributed by atoms with Crippen molar-refractivity contribution < 1.29 is 13.3 Å². The van der Waals surface area contributed by atoms with Crippen LogP contribution in [0.25, 0.3) is 11.3 Å². The highest BCUT2D eigenvalue weighted by Crippen LogP contribution is 2.38. The van der Waals surface area contributed by atoms with Crippen molar-refractivity contribution in [1.29, 1.82) is 0 Å². The van der Waals surface area contributed by atoms with Gasteiger partial charge >= 0.3 is 0 Å². The smallest absolute Gasteiger partial charge is 0.289 e. The van der Waals surface area contributed by atoms with Gasteiger partial charge in [0.2, 0.25) is 0 Å². The van der Waals surface area contributed by atoms with Crippen LogP contribution in [0.1, 0.15) is 10.4 Å². The Labute approximate surface area is 165 Å². The molecule has 8 nitrogen and oxygen atoms in total. The molecular weight excluding hydrogens is 400 g/mol. The number of rotatable bonds is 4. The maximum atomic E-state index is 13.1. The van der Waals surface area contributed by atoms with Gasteiger partial charge in [-0.15, -0.1) is 11.3 Å². The van der Waals surface area contributed by atoms with Crippen LogP contribution in [-0.2, 0) is 16.4 Å². The number of nitro benzene ring substituents is 1. The van der Waals surface area contributed by atoms with Gasteiger partial charge in [-0.1, -0.05) is 18.2 Å². The highest BCUT2D eigenvalue weighted by Gasteiger charge is 2.35. The first-order chi connectivity index (χ1) is 13.3. The topological polar surface area (TPSA) is 119 Å². The molecule has 1 aromatic heterocycles. The molecule has 28 heavy (non-hydrogen) atoms. The number of para-hydroxylation sites is 1. The van der Waals surface area contributed by atoms with Crippen molar-refractivity contribution in [2.75, 3.05) is 16.6 Å². The molecule has 2 aromatic carbocycles. The third-order valence-corrected chi connectivity index (χ3v) is 7.31. The molecule has 0 atom stereocenters. The van der Waals surface area contributed by atoms with E-state index in [0.717, 1.165) is 21.7 Å². The van der Waals surface area contributed by atoms with Crippen LogP contribution < -0.4 is 10.0 Å². The van der Waals surface area contributed by atoms with E-state index in [4.69, 9.17) is 5.73 Å². The molecule has 0 bridgehead atoms. The second kappa shape index (κ2) is 6.57. The first-order valence-electron chi connectivity index (χ1n) is 8.41. The predicted molar refractivity (Wildman–Crippen MR) is 108 cm³/mol. The van der Waals surface area contributed by atoms with Crippen LogP contribution in [0.3, 0.4) is 0 Å². The fraction of sp³-hybridized carbons (Fsp3) is 0.167. The number of thiazole rings is 1. The Morgan fingerprint density at radius 2 is 2.00 bits per heavy atom. The lowest BCUT2D eigenvalue weighted by Crippen LogP contribution is -2.29. The molecule has 144 valence electrons. The van der Waals surface area contributed by atoms with Gasteiger partial charge in [0.1, 0.15) is 0 Å². The number of sulfonamides is 1. The van der Waals surface area contributed by atoms with Crippen LogP contribution in [0.5, 0.6) is 0 Å². The molecule has 0 unspecified atom stereocenters. The molecule has 10 heteroatoms. The van der Waals surface area contributed by atoms with Crippen LogP contribution >= 0.6 is 11.3 Å². The molecule has 0 fully saturated rings. The number of anilines is 2. The number of benzene rings is 2. The SMILES string of the molecule is Cc1sc(N)nc1-c1ccc2c(c1)CCN2S(=O)(=O)c1ccccc1[N+](=O)[O-]. The average Bonchev–Trinajstić information content (AvgIpc) is 3.24. The zero-order valence-corrected chi connectivity index (χ0v) is 16.5. The van der Waals surface area contributed by atoms with Gasteiger partial charge in [0.05, 0.1) is 16.3 Å². The number of aryl methyl sites for hydroxylation is 1. The molecule has 2 heterocycles. The molecule has 0 amide bonds. The summed E-state index contributed by atoms with van der Waals surface area (Å²) in [5, 5.41) is 11.8. The molecule has 0 saturated heterocycles. The van der Waals surface area contributed by atoms with Crippen LogP contribution in [0.4, 0.5) is 16.5 Å². The molecule has 0 radical (unpaired) electrons. The third kappa shape index (κ3) is 2.90. The van der Waals surface area contributed by atoms with E-state index < -0.39 is 20.6 Å². The molecule has 0 aliphatic carbocycles. The van der Waals surface area contributed by atoms with Crippen LogP contribution in [-0.4, -0.2) is 24.9 Å².